The van der Waals surface area contributed by atoms with Crippen LogP contribution < -0.4 is 11.5 Å². The molecule has 12 heavy (non-hydrogen) atoms. The van der Waals surface area contributed by atoms with Gasteiger partial charge in [-0.1, -0.05) is 0 Å². The van der Waals surface area contributed by atoms with Gasteiger partial charge >= 0.3 is 0 Å². The zero-order valence-electron chi connectivity index (χ0n) is 7.46. The summed E-state index contributed by atoms with van der Waals surface area (Å²) < 4.78 is 5.15. The summed E-state index contributed by atoms with van der Waals surface area (Å²) in [5.74, 6) is -1.66. The lowest BCUT2D eigenvalue weighted by atomic mass is 10.3. The molecular weight excluding hydrogens is 176 g/mol. The van der Waals surface area contributed by atoms with Crippen LogP contribution in [0.2, 0.25) is 19.6 Å². The fourth-order valence-corrected chi connectivity index (χ4v) is 1.55. The summed E-state index contributed by atoms with van der Waals surface area (Å²) in [5, 5.41) is 0. The van der Waals surface area contributed by atoms with Crippen molar-refractivity contribution in [2.24, 2.45) is 11.5 Å². The van der Waals surface area contributed by atoms with Crippen LogP contribution in [-0.2, 0) is 14.0 Å². The summed E-state index contributed by atoms with van der Waals surface area (Å²) in [5.41, 5.74) is 9.80. The van der Waals surface area contributed by atoms with Crippen molar-refractivity contribution < 1.29 is 14.0 Å². The van der Waals surface area contributed by atoms with Gasteiger partial charge in [0.2, 0.25) is 6.10 Å². The van der Waals surface area contributed by atoms with E-state index in [1.165, 1.54) is 0 Å². The van der Waals surface area contributed by atoms with E-state index >= 15 is 0 Å². The zero-order chi connectivity index (χ0) is 9.94. The van der Waals surface area contributed by atoms with Gasteiger partial charge in [-0.05, 0) is 19.6 Å². The van der Waals surface area contributed by atoms with E-state index in [1.807, 2.05) is 19.6 Å². The van der Waals surface area contributed by atoms with Gasteiger partial charge in [-0.25, -0.2) is 0 Å². The summed E-state index contributed by atoms with van der Waals surface area (Å²) >= 11 is 0. The predicted molar refractivity (Wildman–Crippen MR) is 46.6 cm³/mol. The fourth-order valence-electron chi connectivity index (χ4n) is 0.610. The molecule has 0 aromatic carbocycles. The van der Waals surface area contributed by atoms with E-state index < -0.39 is 26.2 Å². The molecule has 0 bridgehead atoms. The third-order valence-electron chi connectivity index (χ3n) is 0.988. The van der Waals surface area contributed by atoms with Crippen LogP contribution in [-0.4, -0.2) is 26.2 Å². The van der Waals surface area contributed by atoms with Crippen molar-refractivity contribution in [3.05, 3.63) is 0 Å². The van der Waals surface area contributed by atoms with E-state index in [2.05, 4.69) is 0 Å². The molecule has 0 aromatic heterocycles. The Morgan fingerprint density at radius 1 is 1.17 bits per heavy atom. The van der Waals surface area contributed by atoms with E-state index in [0.29, 0.717) is 0 Å². The molecule has 0 atom stereocenters. The Bertz CT molecular complexity index is 185. The lowest BCUT2D eigenvalue weighted by Crippen LogP contribution is -2.47. The first-order chi connectivity index (χ1) is 5.24. The molecule has 5 nitrogen and oxygen atoms in total. The molecule has 0 aliphatic rings. The zero-order valence-corrected chi connectivity index (χ0v) is 8.46. The van der Waals surface area contributed by atoms with Crippen molar-refractivity contribution in [1.82, 2.24) is 0 Å². The molecule has 0 fully saturated rings. The Morgan fingerprint density at radius 3 is 1.58 bits per heavy atom. The highest BCUT2D eigenvalue weighted by atomic mass is 28.4. The Balaban J connectivity index is 4.35. The topological polar surface area (TPSA) is 95.4 Å². The van der Waals surface area contributed by atoms with Gasteiger partial charge in [-0.2, -0.15) is 0 Å². The first-order valence-corrected chi connectivity index (χ1v) is 6.91. The van der Waals surface area contributed by atoms with Crippen LogP contribution in [0.5, 0.6) is 0 Å². The van der Waals surface area contributed by atoms with Gasteiger partial charge in [-0.3, -0.25) is 9.59 Å². The van der Waals surface area contributed by atoms with Crippen LogP contribution in [0.3, 0.4) is 0 Å². The molecule has 6 heteroatoms. The van der Waals surface area contributed by atoms with Crippen LogP contribution in [0.25, 0.3) is 0 Å². The van der Waals surface area contributed by atoms with E-state index in [0.717, 1.165) is 0 Å². The highest BCUT2D eigenvalue weighted by Gasteiger charge is 2.29. The number of amides is 2. The minimum Gasteiger partial charge on any atom is -0.399 e. The molecule has 0 heterocycles. The van der Waals surface area contributed by atoms with E-state index in [1.54, 1.807) is 0 Å². The van der Waals surface area contributed by atoms with Crippen LogP contribution in [0, 0.1) is 0 Å². The average molecular weight is 190 g/mol. The van der Waals surface area contributed by atoms with Gasteiger partial charge in [0.15, 0.2) is 8.32 Å². The monoisotopic (exact) mass is 190 g/mol. The highest BCUT2D eigenvalue weighted by molar-refractivity contribution is 6.70. The minimum atomic E-state index is -1.95. The lowest BCUT2D eigenvalue weighted by molar-refractivity contribution is -0.136. The van der Waals surface area contributed by atoms with Crippen molar-refractivity contribution in [1.29, 1.82) is 0 Å². The number of rotatable bonds is 4. The quantitative estimate of drug-likeness (QED) is 0.447. The lowest BCUT2D eigenvalue weighted by Gasteiger charge is -2.21. The molecule has 0 aliphatic carbocycles. The largest absolute Gasteiger partial charge is 0.399 e. The molecule has 0 unspecified atom stereocenters. The Kier molecular flexibility index (Phi) is 3.41. The maximum absolute atomic E-state index is 10.6. The highest BCUT2D eigenvalue weighted by Crippen LogP contribution is 2.06. The molecule has 0 saturated heterocycles. The van der Waals surface area contributed by atoms with Gasteiger partial charge in [-0.15, -0.1) is 0 Å². The van der Waals surface area contributed by atoms with Crippen molar-refractivity contribution in [3.8, 4) is 0 Å². The number of primary amides is 2. The smallest absolute Gasteiger partial charge is 0.255 e. The van der Waals surface area contributed by atoms with E-state index in [4.69, 9.17) is 15.9 Å². The molecular formula is C6H14N2O3Si. The SMILES string of the molecule is C[Si](C)(C)OC(C(N)=O)C(N)=O. The van der Waals surface area contributed by atoms with Crippen molar-refractivity contribution in [2.75, 3.05) is 0 Å². The predicted octanol–water partition coefficient (Wildman–Crippen LogP) is -0.823. The summed E-state index contributed by atoms with van der Waals surface area (Å²) in [6, 6.07) is 0. The van der Waals surface area contributed by atoms with E-state index in [-0.39, 0.29) is 0 Å². The number of hydrogen-bond donors (Lipinski definition) is 2. The number of nitrogens with two attached hydrogens (primary N) is 2. The molecule has 4 N–H and O–H groups in total. The molecule has 0 rings (SSSR count). The second-order valence-electron chi connectivity index (χ2n) is 3.42. The first kappa shape index (κ1) is 11.1. The van der Waals surface area contributed by atoms with Crippen LogP contribution in [0.15, 0.2) is 0 Å². The minimum absolute atomic E-state index is 0.829. The van der Waals surface area contributed by atoms with Crippen LogP contribution in [0.4, 0.5) is 0 Å². The summed E-state index contributed by atoms with van der Waals surface area (Å²) in [6.45, 7) is 5.52. The van der Waals surface area contributed by atoms with Crippen LogP contribution in [0.1, 0.15) is 0 Å². The second kappa shape index (κ2) is 3.68. The Morgan fingerprint density at radius 2 is 1.50 bits per heavy atom. The molecule has 0 aromatic rings. The number of carbonyl (C=O) groups excluding carboxylic acids is 2. The second-order valence-corrected chi connectivity index (χ2v) is 7.88. The summed E-state index contributed by atoms with van der Waals surface area (Å²) in [4.78, 5) is 21.3. The van der Waals surface area contributed by atoms with Gasteiger partial charge < -0.3 is 15.9 Å². The number of hydrogen-bond acceptors (Lipinski definition) is 3. The molecule has 0 spiro atoms. The molecule has 0 aliphatic heterocycles. The van der Waals surface area contributed by atoms with Gasteiger partial charge in [0, 0.05) is 0 Å². The fraction of sp³-hybridized carbons (Fsp3) is 0.667. The maximum Gasteiger partial charge on any atom is 0.255 e. The molecule has 0 radical (unpaired) electrons. The number of carbonyl (C=O) groups is 2. The maximum atomic E-state index is 10.6. The van der Waals surface area contributed by atoms with E-state index in [9.17, 15) is 9.59 Å². The van der Waals surface area contributed by atoms with Crippen LogP contribution >= 0.6 is 0 Å². The third-order valence-corrected chi connectivity index (χ3v) is 1.93. The van der Waals surface area contributed by atoms with Crippen molar-refractivity contribution in [3.63, 3.8) is 0 Å². The van der Waals surface area contributed by atoms with Gasteiger partial charge in [0.25, 0.3) is 11.8 Å². The normalized spacial score (nSPS) is 11.7. The van der Waals surface area contributed by atoms with Gasteiger partial charge in [0.05, 0.1) is 0 Å². The molecule has 0 saturated carbocycles. The summed E-state index contributed by atoms with van der Waals surface area (Å²) in [7, 11) is -1.95. The standard InChI is InChI=1S/C6H14N2O3Si/c1-12(2,3)11-4(5(7)9)6(8)10/h4H,1-3H3,(H2,7,9)(H2,8,10). The van der Waals surface area contributed by atoms with Crippen molar-refractivity contribution >= 4 is 20.1 Å². The average Bonchev–Trinajstić information content (AvgIpc) is 1.79. The molecule has 2 amide bonds. The Hall–Kier alpha value is -0.883. The molecule has 70 valence electrons. The Labute approximate surface area is 72.2 Å². The third kappa shape index (κ3) is 4.09. The van der Waals surface area contributed by atoms with Gasteiger partial charge in [0.1, 0.15) is 0 Å². The van der Waals surface area contributed by atoms with Crippen molar-refractivity contribution in [2.45, 2.75) is 25.7 Å². The first-order valence-electron chi connectivity index (χ1n) is 3.50. The summed E-state index contributed by atoms with van der Waals surface area (Å²) in [6.07, 6.45) is -1.28.